The lowest BCUT2D eigenvalue weighted by Crippen LogP contribution is -2.59. The molecule has 3 atom stereocenters. The molecule has 1 aliphatic carbocycles. The Morgan fingerprint density at radius 1 is 0.830 bits per heavy atom. The molecular formula is C39H42N4O4. The van der Waals surface area contributed by atoms with E-state index in [1.54, 1.807) is 11.9 Å². The van der Waals surface area contributed by atoms with Gasteiger partial charge in [0, 0.05) is 19.4 Å². The molecule has 0 spiro atoms. The van der Waals surface area contributed by atoms with Crippen molar-refractivity contribution in [3.05, 3.63) is 137 Å². The minimum absolute atomic E-state index is 0.0733. The van der Waals surface area contributed by atoms with E-state index >= 15 is 0 Å². The van der Waals surface area contributed by atoms with Crippen LogP contribution in [0.1, 0.15) is 52.3 Å². The number of carbonyl (C=O) groups is 3. The Labute approximate surface area is 276 Å². The zero-order chi connectivity index (χ0) is 32.6. The summed E-state index contributed by atoms with van der Waals surface area (Å²) in [6, 6.07) is 32.1. The van der Waals surface area contributed by atoms with Crippen LogP contribution in [0.25, 0.3) is 0 Å². The predicted octanol–water partition coefficient (Wildman–Crippen LogP) is 4.66. The second-order valence-corrected chi connectivity index (χ2v) is 12.4. The molecule has 3 amide bonds. The van der Waals surface area contributed by atoms with Gasteiger partial charge in [0.2, 0.25) is 17.7 Å². The first-order chi connectivity index (χ1) is 23.0. The fraction of sp³-hybridized carbons (Fsp3) is 0.308. The Morgan fingerprint density at radius 3 is 2.30 bits per heavy atom. The molecule has 0 saturated heterocycles. The highest BCUT2D eigenvalue weighted by Crippen LogP contribution is 2.31. The smallest absolute Gasteiger partial charge is 0.246 e. The minimum Gasteiger partial charge on any atom is -0.489 e. The lowest BCUT2D eigenvalue weighted by Gasteiger charge is -2.39. The van der Waals surface area contributed by atoms with E-state index in [0.29, 0.717) is 25.3 Å². The number of benzene rings is 4. The molecule has 4 aromatic rings. The molecule has 3 unspecified atom stereocenters. The van der Waals surface area contributed by atoms with Gasteiger partial charge in [-0.15, -0.1) is 0 Å². The fourth-order valence-corrected chi connectivity index (χ4v) is 6.67. The molecule has 3 N–H and O–H groups in total. The van der Waals surface area contributed by atoms with E-state index in [4.69, 9.17) is 4.74 Å². The molecule has 8 nitrogen and oxygen atoms in total. The van der Waals surface area contributed by atoms with E-state index in [9.17, 15) is 14.4 Å². The third-order valence-electron chi connectivity index (χ3n) is 9.10. The average molecular weight is 631 g/mol. The molecule has 47 heavy (non-hydrogen) atoms. The van der Waals surface area contributed by atoms with Crippen molar-refractivity contribution in [1.29, 1.82) is 0 Å². The average Bonchev–Trinajstić information content (AvgIpc) is 3.11. The highest BCUT2D eigenvalue weighted by Gasteiger charge is 2.39. The number of nitrogens with zero attached hydrogens (tertiary/aromatic N) is 1. The molecule has 1 aliphatic heterocycles. The van der Waals surface area contributed by atoms with Crippen molar-refractivity contribution in [2.75, 3.05) is 13.6 Å². The van der Waals surface area contributed by atoms with Crippen LogP contribution in [0.4, 0.5) is 0 Å². The number of amides is 3. The van der Waals surface area contributed by atoms with E-state index in [0.717, 1.165) is 47.1 Å². The molecule has 0 fully saturated rings. The van der Waals surface area contributed by atoms with Crippen molar-refractivity contribution in [3.63, 3.8) is 0 Å². The third-order valence-corrected chi connectivity index (χ3v) is 9.10. The summed E-state index contributed by atoms with van der Waals surface area (Å²) >= 11 is 0. The summed E-state index contributed by atoms with van der Waals surface area (Å²) in [6.45, 7) is 0.816. The number of rotatable bonds is 11. The van der Waals surface area contributed by atoms with E-state index in [-0.39, 0.29) is 36.7 Å². The van der Waals surface area contributed by atoms with E-state index in [1.807, 2.05) is 91.0 Å². The first kappa shape index (κ1) is 32.0. The van der Waals surface area contributed by atoms with Gasteiger partial charge in [0.15, 0.2) is 0 Å². The highest BCUT2D eigenvalue weighted by atomic mass is 16.5. The molecule has 0 aromatic heterocycles. The quantitative estimate of drug-likeness (QED) is 0.224. The van der Waals surface area contributed by atoms with E-state index in [2.05, 4.69) is 28.1 Å². The fourth-order valence-electron chi connectivity index (χ4n) is 6.67. The summed E-state index contributed by atoms with van der Waals surface area (Å²) in [5.74, 6) is -0.0217. The summed E-state index contributed by atoms with van der Waals surface area (Å²) in [7, 11) is 1.69. The molecule has 1 heterocycles. The van der Waals surface area contributed by atoms with Gasteiger partial charge in [-0.25, -0.2) is 0 Å². The summed E-state index contributed by atoms with van der Waals surface area (Å²) in [5, 5.41) is 9.11. The topological polar surface area (TPSA) is 99.8 Å². The monoisotopic (exact) mass is 630 g/mol. The second kappa shape index (κ2) is 15.1. The SMILES string of the molecule is CNCC(=O)NC(Cc1ccc(OCc2ccccc2)cc1)C(=O)N1Cc2ccccc2CC1C(=O)NC1CCCc2ccccc21. The lowest BCUT2D eigenvalue weighted by molar-refractivity contribution is -0.144. The van der Waals surface area contributed by atoms with Crippen LogP contribution in [0.5, 0.6) is 5.75 Å². The molecular weight excluding hydrogens is 588 g/mol. The molecule has 6 rings (SSSR count). The molecule has 0 saturated carbocycles. The largest absolute Gasteiger partial charge is 0.489 e. The number of fused-ring (bicyclic) bond motifs is 2. The van der Waals surface area contributed by atoms with Crippen molar-refractivity contribution >= 4 is 17.7 Å². The molecule has 4 aromatic carbocycles. The van der Waals surface area contributed by atoms with Crippen molar-refractivity contribution in [1.82, 2.24) is 20.9 Å². The van der Waals surface area contributed by atoms with E-state index < -0.39 is 12.1 Å². The summed E-state index contributed by atoms with van der Waals surface area (Å²) in [5.41, 5.74) is 6.42. The van der Waals surface area contributed by atoms with Crippen molar-refractivity contribution in [2.45, 2.75) is 63.4 Å². The van der Waals surface area contributed by atoms with E-state index in [1.165, 1.54) is 5.56 Å². The van der Waals surface area contributed by atoms with Crippen LogP contribution in [0.2, 0.25) is 0 Å². The van der Waals surface area contributed by atoms with Crippen LogP contribution in [0, 0.1) is 0 Å². The van der Waals surface area contributed by atoms with Gasteiger partial charge < -0.3 is 25.6 Å². The molecule has 8 heteroatoms. The van der Waals surface area contributed by atoms with Crippen LogP contribution in [-0.4, -0.2) is 48.3 Å². The van der Waals surface area contributed by atoms with Gasteiger partial charge in [-0.2, -0.15) is 0 Å². The third kappa shape index (κ3) is 7.89. The zero-order valence-electron chi connectivity index (χ0n) is 26.8. The summed E-state index contributed by atoms with van der Waals surface area (Å²) < 4.78 is 5.95. The van der Waals surface area contributed by atoms with Gasteiger partial charge in [0.05, 0.1) is 12.6 Å². The lowest BCUT2D eigenvalue weighted by atomic mass is 9.87. The number of hydrogen-bond donors (Lipinski definition) is 3. The summed E-state index contributed by atoms with van der Waals surface area (Å²) in [4.78, 5) is 43.1. The maximum Gasteiger partial charge on any atom is 0.246 e. The Balaban J connectivity index is 1.22. The van der Waals surface area contributed by atoms with Crippen molar-refractivity contribution in [3.8, 4) is 5.75 Å². The van der Waals surface area contributed by atoms with Gasteiger partial charge in [-0.05, 0) is 71.8 Å². The molecule has 2 aliphatic rings. The normalized spacial score (nSPS) is 17.5. The Morgan fingerprint density at radius 2 is 1.53 bits per heavy atom. The number of nitrogens with one attached hydrogen (secondary N) is 3. The molecule has 0 bridgehead atoms. The molecule has 0 radical (unpaired) electrons. The van der Waals surface area contributed by atoms with Crippen LogP contribution in [-0.2, 0) is 46.8 Å². The number of ether oxygens (including phenoxy) is 1. The first-order valence-electron chi connectivity index (χ1n) is 16.4. The summed E-state index contributed by atoms with van der Waals surface area (Å²) in [6.07, 6.45) is 3.53. The highest BCUT2D eigenvalue weighted by molar-refractivity contribution is 5.93. The van der Waals surface area contributed by atoms with Crippen molar-refractivity contribution in [2.24, 2.45) is 0 Å². The predicted molar refractivity (Wildman–Crippen MR) is 182 cm³/mol. The van der Waals surface area contributed by atoms with Gasteiger partial charge >= 0.3 is 0 Å². The number of likely N-dealkylation sites (N-methyl/N-ethyl adjacent to an activating group) is 1. The first-order valence-corrected chi connectivity index (χ1v) is 16.4. The van der Waals surface area contributed by atoms with Gasteiger partial charge in [0.25, 0.3) is 0 Å². The molecule has 242 valence electrons. The minimum atomic E-state index is -0.858. The standard InChI is InChI=1S/C39H42N4O4/c1-40-24-37(44)41-35(22-27-18-20-32(21-19-27)47-26-28-10-3-2-4-11-28)39(46)43-25-31-14-6-5-13-30(31)23-36(43)38(45)42-34-17-9-15-29-12-7-8-16-33(29)34/h2-8,10-14,16,18-21,34-36,40H,9,15,17,22-26H2,1H3,(H,41,44)(H,42,45). The Kier molecular flexibility index (Phi) is 10.3. The van der Waals surface area contributed by atoms with Gasteiger partial charge in [-0.3, -0.25) is 14.4 Å². The van der Waals surface area contributed by atoms with Gasteiger partial charge in [0.1, 0.15) is 24.4 Å². The maximum absolute atomic E-state index is 14.5. The van der Waals surface area contributed by atoms with Gasteiger partial charge in [-0.1, -0.05) is 91.0 Å². The number of aryl methyl sites for hydroxylation is 1. The number of carbonyl (C=O) groups excluding carboxylic acids is 3. The van der Waals surface area contributed by atoms with Crippen LogP contribution in [0.15, 0.2) is 103 Å². The number of hydrogen-bond acceptors (Lipinski definition) is 5. The van der Waals surface area contributed by atoms with Crippen LogP contribution in [0.3, 0.4) is 0 Å². The second-order valence-electron chi connectivity index (χ2n) is 12.4. The van der Waals surface area contributed by atoms with Crippen LogP contribution >= 0.6 is 0 Å². The zero-order valence-corrected chi connectivity index (χ0v) is 26.8. The Hall–Kier alpha value is -4.95. The Bertz CT molecular complexity index is 1690. The maximum atomic E-state index is 14.5. The van der Waals surface area contributed by atoms with Crippen LogP contribution < -0.4 is 20.7 Å². The van der Waals surface area contributed by atoms with Crippen molar-refractivity contribution < 1.29 is 19.1 Å².